The maximum absolute atomic E-state index is 13.0. The van der Waals surface area contributed by atoms with Gasteiger partial charge in [0.1, 0.15) is 12.1 Å². The molecule has 0 bridgehead atoms. The Labute approximate surface area is 238 Å². The number of ether oxygens (including phenoxy) is 2. The minimum Gasteiger partial charge on any atom is -0.478 e. The number of pyridine rings is 2. The number of nitrogens with one attached hydrogen (secondary N) is 1. The third-order valence-electron chi connectivity index (χ3n) is 5.47. The zero-order chi connectivity index (χ0) is 31.2. The number of unbranched alkanes of at least 4 members (excludes halogenated alkanes) is 4. The fourth-order valence-electron chi connectivity index (χ4n) is 3.19. The Morgan fingerprint density at radius 3 is 1.78 bits per heavy atom. The zero-order valence-electron chi connectivity index (χ0n) is 23.9. The van der Waals surface area contributed by atoms with Crippen LogP contribution in [0.5, 0.6) is 0 Å². The number of carboxylic acid groups (broad SMARTS) is 1. The summed E-state index contributed by atoms with van der Waals surface area (Å²) >= 11 is 0. The van der Waals surface area contributed by atoms with Gasteiger partial charge in [0.25, 0.3) is 5.91 Å². The smallest absolute Gasteiger partial charge is 0.335 e. The molecule has 0 aliphatic heterocycles. The van der Waals surface area contributed by atoms with Crippen molar-refractivity contribution < 1.29 is 42.5 Å². The number of esters is 2. The molecule has 2 rings (SSSR count). The molecule has 2 aromatic rings. The van der Waals surface area contributed by atoms with E-state index in [2.05, 4.69) is 31.7 Å². The van der Waals surface area contributed by atoms with Crippen molar-refractivity contribution in [2.24, 2.45) is 5.73 Å². The molecule has 0 aromatic carbocycles. The van der Waals surface area contributed by atoms with Gasteiger partial charge in [-0.2, -0.15) is 8.78 Å². The Morgan fingerprint density at radius 2 is 1.34 bits per heavy atom. The van der Waals surface area contributed by atoms with E-state index < -0.39 is 41.8 Å². The van der Waals surface area contributed by atoms with Crippen LogP contribution in [0.1, 0.15) is 85.9 Å². The van der Waals surface area contributed by atoms with Crippen LogP contribution < -0.4 is 11.1 Å². The fraction of sp³-hybridized carbons (Fsp3) is 0.500. The van der Waals surface area contributed by atoms with E-state index in [4.69, 9.17) is 10.8 Å². The zero-order valence-corrected chi connectivity index (χ0v) is 23.9. The van der Waals surface area contributed by atoms with E-state index in [1.807, 2.05) is 6.92 Å². The van der Waals surface area contributed by atoms with Gasteiger partial charge in [-0.3, -0.25) is 9.59 Å². The standard InChI is InChI=1S/C14H19FN2O3.C8H17NO2.C6H4FNO2/c1-3-4-5-6-11(14(19)20-2)17-13(18)10-7-8-16-12(15)9-10;1-3-4-5-6-7(9)8(10)11-2;7-5-3-4(6(9)10)1-2-8-5/h7-9,11H,3-6H2,1-2H3,(H,17,18);7H,3-6,9H2,1-2H3;1-3H,(H,9,10)/t11-;7-;/m00./s1. The Kier molecular flexibility index (Phi) is 19.7. The molecule has 0 aliphatic carbocycles. The van der Waals surface area contributed by atoms with Crippen molar-refractivity contribution in [1.82, 2.24) is 15.3 Å². The van der Waals surface area contributed by atoms with Crippen molar-refractivity contribution >= 4 is 23.8 Å². The predicted molar refractivity (Wildman–Crippen MR) is 147 cm³/mol. The van der Waals surface area contributed by atoms with Crippen molar-refractivity contribution in [3.8, 4) is 0 Å². The molecule has 0 saturated heterocycles. The van der Waals surface area contributed by atoms with Crippen molar-refractivity contribution in [3.05, 3.63) is 59.7 Å². The number of methoxy groups -OCH3 is 2. The van der Waals surface area contributed by atoms with E-state index in [1.165, 1.54) is 32.5 Å². The lowest BCUT2D eigenvalue weighted by atomic mass is 10.1. The number of amides is 1. The first kappa shape index (κ1) is 37.0. The molecule has 0 aliphatic rings. The van der Waals surface area contributed by atoms with Gasteiger partial charge in [-0.15, -0.1) is 0 Å². The summed E-state index contributed by atoms with van der Waals surface area (Å²) in [5, 5.41) is 10.9. The van der Waals surface area contributed by atoms with Crippen molar-refractivity contribution in [1.29, 1.82) is 0 Å². The van der Waals surface area contributed by atoms with Crippen molar-refractivity contribution in [3.63, 3.8) is 0 Å². The highest BCUT2D eigenvalue weighted by atomic mass is 19.1. The lowest BCUT2D eigenvalue weighted by molar-refractivity contribution is -0.143. The topological polar surface area (TPSA) is 171 Å². The van der Waals surface area contributed by atoms with Gasteiger partial charge in [0.05, 0.1) is 19.8 Å². The Bertz CT molecular complexity index is 1090. The quantitative estimate of drug-likeness (QED) is 0.178. The van der Waals surface area contributed by atoms with Gasteiger partial charge >= 0.3 is 17.9 Å². The molecule has 0 radical (unpaired) electrons. The van der Waals surface area contributed by atoms with Crippen LogP contribution in [-0.2, 0) is 19.1 Å². The van der Waals surface area contributed by atoms with Crippen LogP contribution in [0.15, 0.2) is 36.7 Å². The molecule has 41 heavy (non-hydrogen) atoms. The monoisotopic (exact) mass is 582 g/mol. The maximum Gasteiger partial charge on any atom is 0.335 e. The van der Waals surface area contributed by atoms with E-state index in [0.29, 0.717) is 6.42 Å². The summed E-state index contributed by atoms with van der Waals surface area (Å²) in [7, 11) is 2.63. The first-order valence-electron chi connectivity index (χ1n) is 13.2. The van der Waals surface area contributed by atoms with Crippen LogP contribution in [0, 0.1) is 11.9 Å². The van der Waals surface area contributed by atoms with Crippen LogP contribution in [0.4, 0.5) is 8.78 Å². The van der Waals surface area contributed by atoms with Gasteiger partial charge in [0.2, 0.25) is 11.9 Å². The molecular formula is C28H40F2N4O7. The first-order chi connectivity index (χ1) is 19.5. The molecule has 0 saturated carbocycles. The number of aromatic nitrogens is 2. The van der Waals surface area contributed by atoms with Gasteiger partial charge in [0, 0.05) is 30.1 Å². The highest BCUT2D eigenvalue weighted by Crippen LogP contribution is 2.07. The van der Waals surface area contributed by atoms with Gasteiger partial charge in [-0.25, -0.2) is 19.6 Å². The second kappa shape index (κ2) is 21.8. The summed E-state index contributed by atoms with van der Waals surface area (Å²) in [6.07, 6.45) is 9.62. The number of nitrogens with zero attached hydrogens (tertiary/aromatic N) is 2. The molecule has 11 nitrogen and oxygen atoms in total. The van der Waals surface area contributed by atoms with Gasteiger partial charge < -0.3 is 25.6 Å². The summed E-state index contributed by atoms with van der Waals surface area (Å²) in [4.78, 5) is 51.0. The summed E-state index contributed by atoms with van der Waals surface area (Å²) < 4.78 is 34.3. The summed E-state index contributed by atoms with van der Waals surface area (Å²) in [6.45, 7) is 4.16. The lowest BCUT2D eigenvalue weighted by Gasteiger charge is -2.16. The van der Waals surface area contributed by atoms with E-state index in [-0.39, 0.29) is 17.1 Å². The van der Waals surface area contributed by atoms with Crippen molar-refractivity contribution in [2.45, 2.75) is 77.3 Å². The molecule has 2 heterocycles. The third-order valence-corrected chi connectivity index (χ3v) is 5.47. The summed E-state index contributed by atoms with van der Waals surface area (Å²) in [5.74, 6) is -3.98. The van der Waals surface area contributed by atoms with Crippen LogP contribution in [0.2, 0.25) is 0 Å². The van der Waals surface area contributed by atoms with E-state index >= 15 is 0 Å². The number of carbonyl (C=O) groups is 4. The molecule has 228 valence electrons. The molecule has 0 fully saturated rings. The lowest BCUT2D eigenvalue weighted by Crippen LogP contribution is -2.41. The van der Waals surface area contributed by atoms with Crippen LogP contribution in [0.3, 0.4) is 0 Å². The van der Waals surface area contributed by atoms with Crippen LogP contribution >= 0.6 is 0 Å². The van der Waals surface area contributed by atoms with Gasteiger partial charge in [0.15, 0.2) is 0 Å². The Hall–Kier alpha value is -4.00. The first-order valence-corrected chi connectivity index (χ1v) is 13.2. The second-order valence-corrected chi connectivity index (χ2v) is 8.71. The van der Waals surface area contributed by atoms with Gasteiger partial charge in [-0.05, 0) is 25.0 Å². The molecule has 0 spiro atoms. The maximum atomic E-state index is 13.0. The average molecular weight is 583 g/mol. The number of hydrogen-bond donors (Lipinski definition) is 3. The highest BCUT2D eigenvalue weighted by molar-refractivity contribution is 5.96. The molecule has 13 heteroatoms. The molecular weight excluding hydrogens is 542 g/mol. The largest absolute Gasteiger partial charge is 0.478 e. The molecule has 2 aromatic heterocycles. The van der Waals surface area contributed by atoms with E-state index in [0.717, 1.165) is 63.3 Å². The number of nitrogens with two attached hydrogens (primary N) is 1. The summed E-state index contributed by atoms with van der Waals surface area (Å²) in [5.41, 5.74) is 5.53. The van der Waals surface area contributed by atoms with E-state index in [1.54, 1.807) is 0 Å². The summed E-state index contributed by atoms with van der Waals surface area (Å²) in [6, 6.07) is 3.37. The van der Waals surface area contributed by atoms with E-state index in [9.17, 15) is 28.0 Å². The number of carboxylic acids is 1. The van der Waals surface area contributed by atoms with Crippen LogP contribution in [-0.4, -0.2) is 65.2 Å². The Balaban J connectivity index is 0.000000643. The highest BCUT2D eigenvalue weighted by Gasteiger charge is 2.21. The molecule has 2 atom stereocenters. The normalized spacial score (nSPS) is 11.4. The van der Waals surface area contributed by atoms with Crippen LogP contribution in [0.25, 0.3) is 0 Å². The minimum absolute atomic E-state index is 0.0903. The Morgan fingerprint density at radius 1 is 0.854 bits per heavy atom. The predicted octanol–water partition coefficient (Wildman–Crippen LogP) is 4.06. The number of rotatable bonds is 13. The number of hydrogen-bond acceptors (Lipinski definition) is 9. The molecule has 0 unspecified atom stereocenters. The number of halogens is 2. The average Bonchev–Trinajstić information content (AvgIpc) is 2.96. The number of carbonyl (C=O) groups excluding carboxylic acids is 3. The number of aromatic carboxylic acids is 1. The molecule has 4 N–H and O–H groups in total. The SMILES string of the molecule is CCCCC[C@H](N)C(=O)OC.CCCCC[C@H](NC(=O)c1ccnc(F)c1)C(=O)OC.O=C(O)c1ccnc(F)c1. The van der Waals surface area contributed by atoms with Gasteiger partial charge in [-0.1, -0.05) is 52.4 Å². The third kappa shape index (κ3) is 16.6. The fourth-order valence-corrected chi connectivity index (χ4v) is 3.19. The molecule has 1 amide bonds. The van der Waals surface area contributed by atoms with Crippen molar-refractivity contribution in [2.75, 3.05) is 14.2 Å². The minimum atomic E-state index is -1.15. The second-order valence-electron chi connectivity index (χ2n) is 8.71.